The van der Waals surface area contributed by atoms with Crippen molar-refractivity contribution < 1.29 is 4.74 Å². The average molecular weight is 231 g/mol. The number of rotatable bonds is 2. The molecule has 0 amide bonds. The van der Waals surface area contributed by atoms with Crippen LogP contribution in [0.2, 0.25) is 0 Å². The van der Waals surface area contributed by atoms with Gasteiger partial charge in [-0.15, -0.1) is 0 Å². The predicted molar refractivity (Wildman–Crippen MR) is 69.0 cm³/mol. The molecule has 3 rings (SSSR count). The summed E-state index contributed by atoms with van der Waals surface area (Å²) in [6.07, 6.45) is 5.37. The second-order valence-corrected chi connectivity index (χ2v) is 5.20. The standard InChI is InChI=1S/C15H21NO/c1-2-6-14(7-3-1)15(8-4-5-9-15)16-10-12-17-13-11-16/h1-3,6-7H,4-5,8-13H2. The SMILES string of the molecule is c1ccc(C2(N3CCOCC3)CCCC2)cc1. The summed E-state index contributed by atoms with van der Waals surface area (Å²) in [5.74, 6) is 0. The van der Waals surface area contributed by atoms with Crippen molar-refractivity contribution in [2.75, 3.05) is 26.3 Å². The van der Waals surface area contributed by atoms with E-state index in [-0.39, 0.29) is 0 Å². The Kier molecular flexibility index (Phi) is 3.17. The van der Waals surface area contributed by atoms with Gasteiger partial charge in [0, 0.05) is 18.6 Å². The first-order valence-electron chi connectivity index (χ1n) is 6.80. The van der Waals surface area contributed by atoms with Crippen molar-refractivity contribution in [3.63, 3.8) is 0 Å². The van der Waals surface area contributed by atoms with Gasteiger partial charge in [-0.3, -0.25) is 4.90 Å². The summed E-state index contributed by atoms with van der Waals surface area (Å²) in [6, 6.07) is 11.1. The van der Waals surface area contributed by atoms with Crippen molar-refractivity contribution in [1.29, 1.82) is 0 Å². The Hall–Kier alpha value is -0.860. The van der Waals surface area contributed by atoms with Crippen molar-refractivity contribution in [2.45, 2.75) is 31.2 Å². The van der Waals surface area contributed by atoms with Gasteiger partial charge in [-0.05, 0) is 18.4 Å². The molecule has 0 radical (unpaired) electrons. The zero-order valence-electron chi connectivity index (χ0n) is 10.4. The summed E-state index contributed by atoms with van der Waals surface area (Å²) in [6.45, 7) is 3.98. The molecule has 2 nitrogen and oxygen atoms in total. The maximum atomic E-state index is 5.50. The molecule has 1 aromatic rings. The lowest BCUT2D eigenvalue weighted by Crippen LogP contribution is -2.49. The van der Waals surface area contributed by atoms with Crippen molar-refractivity contribution in [3.8, 4) is 0 Å². The van der Waals surface area contributed by atoms with Crippen LogP contribution in [0.4, 0.5) is 0 Å². The van der Waals surface area contributed by atoms with Crippen LogP contribution >= 0.6 is 0 Å². The molecule has 1 aliphatic heterocycles. The largest absolute Gasteiger partial charge is 0.379 e. The van der Waals surface area contributed by atoms with Crippen LogP contribution in [0.15, 0.2) is 30.3 Å². The minimum Gasteiger partial charge on any atom is -0.379 e. The van der Waals surface area contributed by atoms with Crippen LogP contribution in [-0.4, -0.2) is 31.2 Å². The van der Waals surface area contributed by atoms with Gasteiger partial charge in [-0.1, -0.05) is 43.2 Å². The van der Waals surface area contributed by atoms with Crippen molar-refractivity contribution in [2.24, 2.45) is 0 Å². The molecule has 0 bridgehead atoms. The van der Waals surface area contributed by atoms with Crippen LogP contribution < -0.4 is 0 Å². The highest BCUT2D eigenvalue weighted by molar-refractivity contribution is 5.26. The van der Waals surface area contributed by atoms with E-state index in [2.05, 4.69) is 35.2 Å². The van der Waals surface area contributed by atoms with Gasteiger partial charge in [-0.2, -0.15) is 0 Å². The summed E-state index contributed by atoms with van der Waals surface area (Å²) < 4.78 is 5.50. The monoisotopic (exact) mass is 231 g/mol. The summed E-state index contributed by atoms with van der Waals surface area (Å²) in [4.78, 5) is 2.67. The normalized spacial score (nSPS) is 24.9. The first kappa shape index (κ1) is 11.2. The third-order valence-electron chi connectivity index (χ3n) is 4.36. The fourth-order valence-corrected chi connectivity index (χ4v) is 3.49. The minimum absolute atomic E-state index is 0.311. The summed E-state index contributed by atoms with van der Waals surface area (Å²) in [5.41, 5.74) is 1.82. The van der Waals surface area contributed by atoms with Gasteiger partial charge in [0.2, 0.25) is 0 Å². The lowest BCUT2D eigenvalue weighted by Gasteiger charge is -2.44. The lowest BCUT2D eigenvalue weighted by atomic mass is 9.86. The molecule has 17 heavy (non-hydrogen) atoms. The van der Waals surface area contributed by atoms with Gasteiger partial charge in [-0.25, -0.2) is 0 Å². The van der Waals surface area contributed by atoms with E-state index in [1.54, 1.807) is 0 Å². The molecule has 0 unspecified atom stereocenters. The van der Waals surface area contributed by atoms with Crippen molar-refractivity contribution >= 4 is 0 Å². The summed E-state index contributed by atoms with van der Waals surface area (Å²) in [7, 11) is 0. The molecule has 0 N–H and O–H groups in total. The number of hydrogen-bond acceptors (Lipinski definition) is 2. The zero-order chi connectivity index (χ0) is 11.6. The van der Waals surface area contributed by atoms with Crippen LogP contribution in [0.1, 0.15) is 31.2 Å². The molecule has 1 aliphatic carbocycles. The Morgan fingerprint density at radius 1 is 0.941 bits per heavy atom. The van der Waals surface area contributed by atoms with Gasteiger partial charge in [0.1, 0.15) is 0 Å². The second-order valence-electron chi connectivity index (χ2n) is 5.20. The highest BCUT2D eigenvalue weighted by Gasteiger charge is 2.41. The summed E-state index contributed by atoms with van der Waals surface area (Å²) in [5, 5.41) is 0. The number of ether oxygens (including phenoxy) is 1. The van der Waals surface area contributed by atoms with E-state index < -0.39 is 0 Å². The molecule has 1 saturated heterocycles. The van der Waals surface area contributed by atoms with Crippen LogP contribution in [-0.2, 0) is 10.3 Å². The Bertz CT molecular complexity index is 350. The van der Waals surface area contributed by atoms with Crippen LogP contribution in [0, 0.1) is 0 Å². The van der Waals surface area contributed by atoms with E-state index in [4.69, 9.17) is 4.74 Å². The predicted octanol–water partition coefficient (Wildman–Crippen LogP) is 2.79. The fraction of sp³-hybridized carbons (Fsp3) is 0.600. The second kappa shape index (κ2) is 4.79. The minimum atomic E-state index is 0.311. The van der Waals surface area contributed by atoms with Crippen LogP contribution in [0.25, 0.3) is 0 Å². The number of nitrogens with zero attached hydrogens (tertiary/aromatic N) is 1. The van der Waals surface area contributed by atoms with E-state index in [0.29, 0.717) is 5.54 Å². The van der Waals surface area contributed by atoms with Crippen molar-refractivity contribution in [1.82, 2.24) is 4.90 Å². The first-order valence-corrected chi connectivity index (χ1v) is 6.80. The molecule has 1 saturated carbocycles. The van der Waals surface area contributed by atoms with Crippen LogP contribution in [0.3, 0.4) is 0 Å². The number of hydrogen-bond donors (Lipinski definition) is 0. The fourth-order valence-electron chi connectivity index (χ4n) is 3.49. The highest BCUT2D eigenvalue weighted by atomic mass is 16.5. The van der Waals surface area contributed by atoms with Gasteiger partial charge in [0.05, 0.1) is 13.2 Å². The quantitative estimate of drug-likeness (QED) is 0.776. The molecule has 2 aliphatic rings. The Morgan fingerprint density at radius 3 is 2.24 bits per heavy atom. The maximum absolute atomic E-state index is 5.50. The zero-order valence-corrected chi connectivity index (χ0v) is 10.4. The Morgan fingerprint density at radius 2 is 1.59 bits per heavy atom. The van der Waals surface area contributed by atoms with Gasteiger partial charge >= 0.3 is 0 Å². The molecule has 0 atom stereocenters. The topological polar surface area (TPSA) is 12.5 Å². The van der Waals surface area contributed by atoms with Gasteiger partial charge in [0.25, 0.3) is 0 Å². The maximum Gasteiger partial charge on any atom is 0.0594 e. The molecular formula is C15H21NO. The molecule has 1 aromatic carbocycles. The Balaban J connectivity index is 1.92. The van der Waals surface area contributed by atoms with Crippen LogP contribution in [0.5, 0.6) is 0 Å². The molecular weight excluding hydrogens is 210 g/mol. The third-order valence-corrected chi connectivity index (χ3v) is 4.36. The van der Waals surface area contributed by atoms with E-state index >= 15 is 0 Å². The molecule has 0 aromatic heterocycles. The molecule has 2 heteroatoms. The molecule has 0 spiro atoms. The first-order chi connectivity index (χ1) is 8.42. The van der Waals surface area contributed by atoms with E-state index in [1.807, 2.05) is 0 Å². The van der Waals surface area contributed by atoms with E-state index in [0.717, 1.165) is 26.3 Å². The van der Waals surface area contributed by atoms with Crippen molar-refractivity contribution in [3.05, 3.63) is 35.9 Å². The summed E-state index contributed by atoms with van der Waals surface area (Å²) >= 11 is 0. The Labute approximate surface area is 104 Å². The third kappa shape index (κ3) is 2.00. The smallest absolute Gasteiger partial charge is 0.0594 e. The number of morpholine rings is 1. The molecule has 1 heterocycles. The van der Waals surface area contributed by atoms with E-state index in [1.165, 1.54) is 31.2 Å². The highest BCUT2D eigenvalue weighted by Crippen LogP contribution is 2.44. The van der Waals surface area contributed by atoms with Gasteiger partial charge < -0.3 is 4.74 Å². The molecule has 92 valence electrons. The van der Waals surface area contributed by atoms with Gasteiger partial charge in [0.15, 0.2) is 0 Å². The lowest BCUT2D eigenvalue weighted by molar-refractivity contribution is -0.0231. The van der Waals surface area contributed by atoms with E-state index in [9.17, 15) is 0 Å². The number of benzene rings is 1. The average Bonchev–Trinajstić information content (AvgIpc) is 2.91. The molecule has 2 fully saturated rings.